The standard InChI is InChI=1S/C21H22BrN3O4S/c1-2-28-18-9-5-15(6-10-18)20-23-21(29-24-20)16-4-3-13-25(14-16)30(26,27)19-11-7-17(22)8-12-19/h5-12,16H,2-4,13-14H2,1H3/t16-/m1/s1. The second kappa shape index (κ2) is 8.87. The van der Waals surface area contributed by atoms with Gasteiger partial charge in [0.15, 0.2) is 0 Å². The monoisotopic (exact) mass is 491 g/mol. The molecule has 1 aliphatic heterocycles. The van der Waals surface area contributed by atoms with E-state index in [-0.39, 0.29) is 10.8 Å². The molecule has 9 heteroatoms. The summed E-state index contributed by atoms with van der Waals surface area (Å²) in [6, 6.07) is 14.2. The van der Waals surface area contributed by atoms with E-state index < -0.39 is 10.0 Å². The molecule has 3 aromatic rings. The summed E-state index contributed by atoms with van der Waals surface area (Å²) in [6.07, 6.45) is 1.54. The average molecular weight is 492 g/mol. The first kappa shape index (κ1) is 21.0. The van der Waals surface area contributed by atoms with Gasteiger partial charge in [-0.15, -0.1) is 0 Å². The number of sulfonamides is 1. The number of nitrogens with zero attached hydrogens (tertiary/aromatic N) is 3. The van der Waals surface area contributed by atoms with E-state index in [0.717, 1.165) is 28.6 Å². The van der Waals surface area contributed by atoms with Crippen LogP contribution in [0.5, 0.6) is 5.75 Å². The van der Waals surface area contributed by atoms with Gasteiger partial charge in [0.2, 0.25) is 21.7 Å². The SMILES string of the molecule is CCOc1ccc(-c2noc([C@@H]3CCCN(S(=O)(=O)c4ccc(Br)cc4)C3)n2)cc1. The molecule has 1 atom stereocenters. The third-order valence-electron chi connectivity index (χ3n) is 5.05. The molecular weight excluding hydrogens is 470 g/mol. The number of hydrogen-bond acceptors (Lipinski definition) is 6. The van der Waals surface area contributed by atoms with E-state index in [0.29, 0.717) is 31.4 Å². The van der Waals surface area contributed by atoms with Crippen molar-refractivity contribution in [2.45, 2.75) is 30.6 Å². The molecule has 0 amide bonds. The normalized spacial score (nSPS) is 17.7. The molecule has 2 aromatic carbocycles. The van der Waals surface area contributed by atoms with Gasteiger partial charge < -0.3 is 9.26 Å². The van der Waals surface area contributed by atoms with Gasteiger partial charge in [-0.1, -0.05) is 21.1 Å². The lowest BCUT2D eigenvalue weighted by Crippen LogP contribution is -2.39. The second-order valence-corrected chi connectivity index (χ2v) is 9.92. The van der Waals surface area contributed by atoms with Crippen LogP contribution < -0.4 is 4.74 Å². The molecule has 0 unspecified atom stereocenters. The van der Waals surface area contributed by atoms with Crippen molar-refractivity contribution in [2.24, 2.45) is 0 Å². The molecule has 1 saturated heterocycles. The van der Waals surface area contributed by atoms with Crippen LogP contribution in [0, 0.1) is 0 Å². The first-order chi connectivity index (χ1) is 14.5. The first-order valence-corrected chi connectivity index (χ1v) is 12.0. The minimum Gasteiger partial charge on any atom is -0.494 e. The minimum atomic E-state index is -3.57. The van der Waals surface area contributed by atoms with Crippen LogP contribution in [0.4, 0.5) is 0 Å². The molecule has 7 nitrogen and oxygen atoms in total. The van der Waals surface area contributed by atoms with Gasteiger partial charge >= 0.3 is 0 Å². The molecule has 0 radical (unpaired) electrons. The Kier molecular flexibility index (Phi) is 6.21. The second-order valence-electron chi connectivity index (χ2n) is 7.07. The van der Waals surface area contributed by atoms with Gasteiger partial charge in [-0.25, -0.2) is 8.42 Å². The van der Waals surface area contributed by atoms with E-state index >= 15 is 0 Å². The van der Waals surface area contributed by atoms with Crippen molar-refractivity contribution < 1.29 is 17.7 Å². The fraction of sp³-hybridized carbons (Fsp3) is 0.333. The molecule has 0 N–H and O–H groups in total. The summed E-state index contributed by atoms with van der Waals surface area (Å²) < 4.78 is 39.3. The van der Waals surface area contributed by atoms with Crippen LogP contribution in [-0.4, -0.2) is 42.6 Å². The van der Waals surface area contributed by atoms with Crippen LogP contribution in [0.15, 0.2) is 62.4 Å². The maximum absolute atomic E-state index is 13.0. The highest BCUT2D eigenvalue weighted by atomic mass is 79.9. The Morgan fingerprint density at radius 3 is 2.60 bits per heavy atom. The number of ether oxygens (including phenoxy) is 1. The Hall–Kier alpha value is -2.23. The zero-order valence-electron chi connectivity index (χ0n) is 16.5. The molecule has 0 aliphatic carbocycles. The predicted molar refractivity (Wildman–Crippen MR) is 116 cm³/mol. The van der Waals surface area contributed by atoms with Crippen molar-refractivity contribution >= 4 is 26.0 Å². The van der Waals surface area contributed by atoms with E-state index in [2.05, 4.69) is 26.1 Å². The van der Waals surface area contributed by atoms with Crippen molar-refractivity contribution in [3.8, 4) is 17.1 Å². The summed E-state index contributed by atoms with van der Waals surface area (Å²) in [5.41, 5.74) is 0.823. The highest BCUT2D eigenvalue weighted by Crippen LogP contribution is 2.31. The van der Waals surface area contributed by atoms with Crippen LogP contribution in [0.25, 0.3) is 11.4 Å². The quantitative estimate of drug-likeness (QED) is 0.505. The summed E-state index contributed by atoms with van der Waals surface area (Å²) in [7, 11) is -3.57. The molecule has 2 heterocycles. The van der Waals surface area contributed by atoms with Gasteiger partial charge in [0.1, 0.15) is 5.75 Å². The highest BCUT2D eigenvalue weighted by Gasteiger charge is 2.33. The van der Waals surface area contributed by atoms with Gasteiger partial charge in [-0.3, -0.25) is 0 Å². The van der Waals surface area contributed by atoms with Crippen molar-refractivity contribution in [3.63, 3.8) is 0 Å². The van der Waals surface area contributed by atoms with E-state index in [1.54, 1.807) is 24.3 Å². The summed E-state index contributed by atoms with van der Waals surface area (Å²) in [6.45, 7) is 3.34. The van der Waals surface area contributed by atoms with Crippen molar-refractivity contribution in [3.05, 3.63) is 58.9 Å². The Morgan fingerprint density at radius 2 is 1.90 bits per heavy atom. The zero-order valence-corrected chi connectivity index (χ0v) is 18.9. The third-order valence-corrected chi connectivity index (χ3v) is 7.46. The Balaban J connectivity index is 1.50. The maximum Gasteiger partial charge on any atom is 0.243 e. The zero-order chi connectivity index (χ0) is 21.1. The molecule has 0 bridgehead atoms. The average Bonchev–Trinajstić information content (AvgIpc) is 3.25. The van der Waals surface area contributed by atoms with Gasteiger partial charge in [-0.2, -0.15) is 9.29 Å². The van der Waals surface area contributed by atoms with Gasteiger partial charge in [-0.05, 0) is 68.3 Å². The number of rotatable bonds is 6. The molecule has 1 aliphatic rings. The largest absolute Gasteiger partial charge is 0.494 e. The van der Waals surface area contributed by atoms with E-state index in [9.17, 15) is 8.42 Å². The molecule has 1 aromatic heterocycles. The minimum absolute atomic E-state index is 0.132. The molecular formula is C21H22BrN3O4S. The smallest absolute Gasteiger partial charge is 0.243 e. The summed E-state index contributed by atoms with van der Waals surface area (Å²) in [5.74, 6) is 1.61. The molecule has 0 saturated carbocycles. The van der Waals surface area contributed by atoms with Crippen molar-refractivity contribution in [1.82, 2.24) is 14.4 Å². The molecule has 1 fully saturated rings. The van der Waals surface area contributed by atoms with Gasteiger partial charge in [0, 0.05) is 23.1 Å². The Labute approximate surface area is 184 Å². The Morgan fingerprint density at radius 1 is 1.17 bits per heavy atom. The van der Waals surface area contributed by atoms with Crippen LogP contribution >= 0.6 is 15.9 Å². The number of benzene rings is 2. The Bertz CT molecular complexity index is 1100. The first-order valence-electron chi connectivity index (χ1n) is 9.80. The highest BCUT2D eigenvalue weighted by molar-refractivity contribution is 9.10. The van der Waals surface area contributed by atoms with Crippen LogP contribution in [0.3, 0.4) is 0 Å². The predicted octanol–water partition coefficient (Wildman–Crippen LogP) is 4.47. The lowest BCUT2D eigenvalue weighted by Gasteiger charge is -2.30. The van der Waals surface area contributed by atoms with E-state index in [1.165, 1.54) is 4.31 Å². The van der Waals surface area contributed by atoms with Crippen molar-refractivity contribution in [2.75, 3.05) is 19.7 Å². The summed E-state index contributed by atoms with van der Waals surface area (Å²) in [5, 5.41) is 4.09. The molecule has 30 heavy (non-hydrogen) atoms. The number of hydrogen-bond donors (Lipinski definition) is 0. The summed E-state index contributed by atoms with van der Waals surface area (Å²) >= 11 is 3.34. The fourth-order valence-corrected chi connectivity index (χ4v) is 5.29. The lowest BCUT2D eigenvalue weighted by molar-refractivity contribution is 0.265. The van der Waals surface area contributed by atoms with Crippen LogP contribution in [-0.2, 0) is 10.0 Å². The summed E-state index contributed by atoms with van der Waals surface area (Å²) in [4.78, 5) is 4.82. The fourth-order valence-electron chi connectivity index (χ4n) is 3.50. The molecule has 4 rings (SSSR count). The van der Waals surface area contributed by atoms with E-state index in [4.69, 9.17) is 9.26 Å². The number of aromatic nitrogens is 2. The maximum atomic E-state index is 13.0. The van der Waals surface area contributed by atoms with Crippen LogP contribution in [0.2, 0.25) is 0 Å². The number of piperidine rings is 1. The topological polar surface area (TPSA) is 85.5 Å². The third kappa shape index (κ3) is 4.43. The van der Waals surface area contributed by atoms with Gasteiger partial charge in [0.25, 0.3) is 0 Å². The van der Waals surface area contributed by atoms with Crippen molar-refractivity contribution in [1.29, 1.82) is 0 Å². The lowest BCUT2D eigenvalue weighted by atomic mass is 10.00. The van der Waals surface area contributed by atoms with E-state index in [1.807, 2.05) is 31.2 Å². The van der Waals surface area contributed by atoms with Crippen LogP contribution in [0.1, 0.15) is 31.6 Å². The van der Waals surface area contributed by atoms with Gasteiger partial charge in [0.05, 0.1) is 17.4 Å². The molecule has 0 spiro atoms. The molecule has 158 valence electrons. The number of halogens is 1.